The molecule has 0 radical (unpaired) electrons. The van der Waals surface area contributed by atoms with Gasteiger partial charge in [-0.25, -0.2) is 4.98 Å². The van der Waals surface area contributed by atoms with Gasteiger partial charge in [-0.05, 0) is 23.1 Å². The van der Waals surface area contributed by atoms with Crippen LogP contribution in [0.1, 0.15) is 26.3 Å². The molecule has 3 nitrogen and oxygen atoms in total. The average Bonchev–Trinajstić information content (AvgIpc) is 2.89. The van der Waals surface area contributed by atoms with Gasteiger partial charge in [0.25, 0.3) is 0 Å². The minimum Gasteiger partial charge on any atom is -0.497 e. The zero-order valence-electron chi connectivity index (χ0n) is 12.9. The van der Waals surface area contributed by atoms with Crippen LogP contribution >= 0.6 is 0 Å². The summed E-state index contributed by atoms with van der Waals surface area (Å²) in [7, 11) is 1.67. The molecule has 0 saturated heterocycles. The number of H-pyrrole nitrogens is 1. The molecule has 0 bridgehead atoms. The standard InChI is InChI=1S/C18H20N2O/c1-18(2,3)14-8-6-5-7-13(14)17-19-15-10-9-12(21-4)11-16(15)20-17/h5-11H,1-4H3,(H,19,20). The second kappa shape index (κ2) is 4.92. The predicted octanol–water partition coefficient (Wildman–Crippen LogP) is 4.54. The van der Waals surface area contributed by atoms with Crippen LogP contribution in [0.5, 0.6) is 5.75 Å². The van der Waals surface area contributed by atoms with Gasteiger partial charge in [-0.15, -0.1) is 0 Å². The molecule has 0 amide bonds. The summed E-state index contributed by atoms with van der Waals surface area (Å²) in [4.78, 5) is 8.13. The van der Waals surface area contributed by atoms with Gasteiger partial charge in [-0.2, -0.15) is 0 Å². The second-order valence-corrected chi connectivity index (χ2v) is 6.26. The summed E-state index contributed by atoms with van der Waals surface area (Å²) in [6.07, 6.45) is 0. The fraction of sp³-hybridized carbons (Fsp3) is 0.278. The summed E-state index contributed by atoms with van der Waals surface area (Å²) in [5.41, 5.74) is 4.46. The Labute approximate surface area is 125 Å². The first-order valence-electron chi connectivity index (χ1n) is 7.12. The van der Waals surface area contributed by atoms with E-state index in [9.17, 15) is 0 Å². The SMILES string of the molecule is COc1ccc2nc(-c3ccccc3C(C)(C)C)[nH]c2c1. The first-order valence-corrected chi connectivity index (χ1v) is 7.12. The van der Waals surface area contributed by atoms with E-state index in [0.717, 1.165) is 28.2 Å². The molecule has 21 heavy (non-hydrogen) atoms. The fourth-order valence-electron chi connectivity index (χ4n) is 2.59. The average molecular weight is 280 g/mol. The van der Waals surface area contributed by atoms with Gasteiger partial charge in [-0.3, -0.25) is 0 Å². The number of hydrogen-bond acceptors (Lipinski definition) is 2. The minimum atomic E-state index is 0.0766. The topological polar surface area (TPSA) is 37.9 Å². The number of nitrogens with zero attached hydrogens (tertiary/aromatic N) is 1. The van der Waals surface area contributed by atoms with E-state index in [1.54, 1.807) is 7.11 Å². The lowest BCUT2D eigenvalue weighted by Crippen LogP contribution is -2.12. The van der Waals surface area contributed by atoms with Gasteiger partial charge in [0.2, 0.25) is 0 Å². The molecule has 1 heterocycles. The summed E-state index contributed by atoms with van der Waals surface area (Å²) in [6.45, 7) is 6.66. The summed E-state index contributed by atoms with van der Waals surface area (Å²) in [5.74, 6) is 1.74. The van der Waals surface area contributed by atoms with Gasteiger partial charge in [0.15, 0.2) is 0 Å². The van der Waals surface area contributed by atoms with E-state index in [4.69, 9.17) is 9.72 Å². The Kier molecular flexibility index (Phi) is 3.20. The van der Waals surface area contributed by atoms with Crippen molar-refractivity contribution in [2.24, 2.45) is 0 Å². The molecule has 0 spiro atoms. The Hall–Kier alpha value is -2.29. The van der Waals surface area contributed by atoms with Crippen LogP contribution in [0.4, 0.5) is 0 Å². The van der Waals surface area contributed by atoms with E-state index in [1.165, 1.54) is 5.56 Å². The maximum Gasteiger partial charge on any atom is 0.138 e. The quantitative estimate of drug-likeness (QED) is 0.748. The van der Waals surface area contributed by atoms with E-state index in [-0.39, 0.29) is 5.41 Å². The molecule has 0 aliphatic carbocycles. The molecular weight excluding hydrogens is 260 g/mol. The highest BCUT2D eigenvalue weighted by molar-refractivity contribution is 5.81. The zero-order valence-corrected chi connectivity index (χ0v) is 12.9. The second-order valence-electron chi connectivity index (χ2n) is 6.26. The predicted molar refractivity (Wildman–Crippen MR) is 86.8 cm³/mol. The lowest BCUT2D eigenvalue weighted by atomic mass is 9.83. The summed E-state index contributed by atoms with van der Waals surface area (Å²) < 4.78 is 5.27. The maximum absolute atomic E-state index is 5.27. The number of ether oxygens (including phenoxy) is 1. The third-order valence-electron chi connectivity index (χ3n) is 3.68. The van der Waals surface area contributed by atoms with Gasteiger partial charge < -0.3 is 9.72 Å². The number of hydrogen-bond donors (Lipinski definition) is 1. The van der Waals surface area contributed by atoms with E-state index < -0.39 is 0 Å². The van der Waals surface area contributed by atoms with Gasteiger partial charge in [-0.1, -0.05) is 45.0 Å². The van der Waals surface area contributed by atoms with Crippen molar-refractivity contribution >= 4 is 11.0 Å². The molecule has 108 valence electrons. The van der Waals surface area contributed by atoms with Crippen molar-refractivity contribution in [3.63, 3.8) is 0 Å². The van der Waals surface area contributed by atoms with Gasteiger partial charge in [0, 0.05) is 11.6 Å². The number of rotatable bonds is 2. The van der Waals surface area contributed by atoms with E-state index in [1.807, 2.05) is 18.2 Å². The number of benzene rings is 2. The molecule has 0 saturated carbocycles. The van der Waals surface area contributed by atoms with E-state index in [0.29, 0.717) is 0 Å². The summed E-state index contributed by atoms with van der Waals surface area (Å²) in [6, 6.07) is 14.3. The number of fused-ring (bicyclic) bond motifs is 1. The Balaban J connectivity index is 2.17. The molecule has 3 heteroatoms. The highest BCUT2D eigenvalue weighted by atomic mass is 16.5. The molecule has 0 atom stereocenters. The molecule has 2 aromatic carbocycles. The molecule has 3 rings (SSSR count). The van der Waals surface area contributed by atoms with E-state index in [2.05, 4.69) is 50.0 Å². The normalized spacial score (nSPS) is 11.8. The third kappa shape index (κ3) is 2.51. The molecule has 0 unspecified atom stereocenters. The number of imidazole rings is 1. The lowest BCUT2D eigenvalue weighted by Gasteiger charge is -2.21. The Bertz CT molecular complexity index is 781. The van der Waals surface area contributed by atoms with Crippen LogP contribution in [-0.2, 0) is 5.41 Å². The van der Waals surface area contributed by atoms with Crippen LogP contribution in [0.3, 0.4) is 0 Å². The highest BCUT2D eigenvalue weighted by Gasteiger charge is 2.19. The third-order valence-corrected chi connectivity index (χ3v) is 3.68. The van der Waals surface area contributed by atoms with Crippen LogP contribution in [0.25, 0.3) is 22.4 Å². The van der Waals surface area contributed by atoms with Crippen LogP contribution in [0.2, 0.25) is 0 Å². The van der Waals surface area contributed by atoms with Crippen molar-refractivity contribution in [1.29, 1.82) is 0 Å². The number of aromatic amines is 1. The van der Waals surface area contributed by atoms with Gasteiger partial charge >= 0.3 is 0 Å². The maximum atomic E-state index is 5.27. The monoisotopic (exact) mass is 280 g/mol. The largest absolute Gasteiger partial charge is 0.497 e. The molecule has 1 N–H and O–H groups in total. The first kappa shape index (κ1) is 13.7. The highest BCUT2D eigenvalue weighted by Crippen LogP contribution is 2.32. The molecule has 0 fully saturated rings. The van der Waals surface area contributed by atoms with Gasteiger partial charge in [0.1, 0.15) is 11.6 Å². The minimum absolute atomic E-state index is 0.0766. The Morgan fingerprint density at radius 2 is 1.81 bits per heavy atom. The Morgan fingerprint density at radius 3 is 2.52 bits per heavy atom. The van der Waals surface area contributed by atoms with Crippen LogP contribution in [0.15, 0.2) is 42.5 Å². The van der Waals surface area contributed by atoms with Crippen molar-refractivity contribution in [1.82, 2.24) is 9.97 Å². The smallest absolute Gasteiger partial charge is 0.138 e. The van der Waals surface area contributed by atoms with Crippen LogP contribution < -0.4 is 4.74 Å². The molecule has 0 aliphatic rings. The first-order chi connectivity index (χ1) is 9.99. The Morgan fingerprint density at radius 1 is 1.05 bits per heavy atom. The van der Waals surface area contributed by atoms with Crippen molar-refractivity contribution in [3.8, 4) is 17.1 Å². The summed E-state index contributed by atoms with van der Waals surface area (Å²) in [5, 5.41) is 0. The van der Waals surface area contributed by atoms with Gasteiger partial charge in [0.05, 0.1) is 18.1 Å². The molecule has 1 aromatic heterocycles. The van der Waals surface area contributed by atoms with Crippen molar-refractivity contribution < 1.29 is 4.74 Å². The van der Waals surface area contributed by atoms with Crippen LogP contribution in [-0.4, -0.2) is 17.1 Å². The van der Waals surface area contributed by atoms with Crippen LogP contribution in [0, 0.1) is 0 Å². The lowest BCUT2D eigenvalue weighted by molar-refractivity contribution is 0.415. The van der Waals surface area contributed by atoms with Crippen molar-refractivity contribution in [2.45, 2.75) is 26.2 Å². The number of nitrogens with one attached hydrogen (secondary N) is 1. The van der Waals surface area contributed by atoms with E-state index >= 15 is 0 Å². The number of methoxy groups -OCH3 is 1. The molecular formula is C18H20N2O. The molecule has 3 aromatic rings. The fourth-order valence-corrected chi connectivity index (χ4v) is 2.59. The summed E-state index contributed by atoms with van der Waals surface area (Å²) >= 11 is 0. The zero-order chi connectivity index (χ0) is 15.0. The van der Waals surface area contributed by atoms with Crippen molar-refractivity contribution in [2.75, 3.05) is 7.11 Å². The number of aromatic nitrogens is 2. The van der Waals surface area contributed by atoms with Crippen molar-refractivity contribution in [3.05, 3.63) is 48.0 Å². The molecule has 0 aliphatic heterocycles.